The van der Waals surface area contributed by atoms with E-state index in [2.05, 4.69) is 46.3 Å². The number of nitrogens with zero attached hydrogens (tertiary/aromatic N) is 2. The highest BCUT2D eigenvalue weighted by atomic mass is 32.2. The molecule has 3 rings (SSSR count). The van der Waals surface area contributed by atoms with Crippen molar-refractivity contribution in [2.24, 2.45) is 0 Å². The van der Waals surface area contributed by atoms with Crippen LogP contribution in [0.5, 0.6) is 0 Å². The summed E-state index contributed by atoms with van der Waals surface area (Å²) in [6.45, 7) is 10.6. The van der Waals surface area contributed by atoms with Crippen molar-refractivity contribution in [1.82, 2.24) is 10.2 Å². The average Bonchev–Trinajstić information content (AvgIpc) is 2.77. The molecule has 2 atom stereocenters. The van der Waals surface area contributed by atoms with Crippen molar-refractivity contribution < 1.29 is 9.00 Å². The second kappa shape index (κ2) is 10.0. The Hall–Kier alpha value is -2.18. The first-order valence-electron chi connectivity index (χ1n) is 10.3. The number of rotatable bonds is 7. The fourth-order valence-corrected chi connectivity index (χ4v) is 4.49. The molecule has 1 saturated heterocycles. The summed E-state index contributed by atoms with van der Waals surface area (Å²) in [5, 5.41) is 3.11. The third kappa shape index (κ3) is 5.67. The Morgan fingerprint density at radius 3 is 2.17 bits per heavy atom. The molecule has 5 nitrogen and oxygen atoms in total. The molecule has 1 heterocycles. The number of para-hydroxylation sites is 1. The van der Waals surface area contributed by atoms with Gasteiger partial charge in [0.25, 0.3) is 5.91 Å². The highest BCUT2D eigenvalue weighted by Crippen LogP contribution is 2.17. The molecule has 6 heteroatoms. The van der Waals surface area contributed by atoms with Gasteiger partial charge >= 0.3 is 0 Å². The van der Waals surface area contributed by atoms with Gasteiger partial charge in [0, 0.05) is 60.2 Å². The van der Waals surface area contributed by atoms with Crippen LogP contribution in [0, 0.1) is 0 Å². The summed E-state index contributed by atoms with van der Waals surface area (Å²) in [4.78, 5) is 18.1. The van der Waals surface area contributed by atoms with Crippen molar-refractivity contribution >= 4 is 22.4 Å². The Kier molecular flexibility index (Phi) is 7.45. The largest absolute Gasteiger partial charge is 0.369 e. The number of anilines is 1. The van der Waals surface area contributed by atoms with Crippen LogP contribution < -0.4 is 10.2 Å². The molecule has 1 aliphatic heterocycles. The standard InChI is InChI=1S/C23H31N3O2S/c1-18(2)29(28)22-11-9-20(10-12-22)23(27)24-17-19(3)25-13-15-26(16-14-25)21-7-5-4-6-8-21/h4-12,18-19H,13-17H2,1-3H3,(H,24,27). The second-order valence-corrected chi connectivity index (χ2v) is 9.80. The first-order valence-corrected chi connectivity index (χ1v) is 11.5. The summed E-state index contributed by atoms with van der Waals surface area (Å²) in [6.07, 6.45) is 0. The monoisotopic (exact) mass is 413 g/mol. The molecule has 0 spiro atoms. The summed E-state index contributed by atoms with van der Waals surface area (Å²) in [6, 6.07) is 17.9. The Morgan fingerprint density at radius 2 is 1.59 bits per heavy atom. The third-order valence-electron chi connectivity index (χ3n) is 5.39. The maximum atomic E-state index is 12.5. The van der Waals surface area contributed by atoms with E-state index < -0.39 is 10.8 Å². The molecule has 0 radical (unpaired) electrons. The summed E-state index contributed by atoms with van der Waals surface area (Å²) < 4.78 is 12.1. The van der Waals surface area contributed by atoms with E-state index in [1.807, 2.05) is 19.9 Å². The van der Waals surface area contributed by atoms with Crippen LogP contribution in [0.25, 0.3) is 0 Å². The van der Waals surface area contributed by atoms with Crippen LogP contribution in [-0.2, 0) is 10.8 Å². The fourth-order valence-electron chi connectivity index (χ4n) is 3.54. The molecule has 1 N–H and O–H groups in total. The number of nitrogens with one attached hydrogen (secondary N) is 1. The van der Waals surface area contributed by atoms with Gasteiger partial charge in [-0.15, -0.1) is 0 Å². The Balaban J connectivity index is 1.46. The highest BCUT2D eigenvalue weighted by molar-refractivity contribution is 7.85. The molecule has 2 aromatic rings. The van der Waals surface area contributed by atoms with Gasteiger partial charge in [-0.25, -0.2) is 0 Å². The molecule has 1 aliphatic rings. The van der Waals surface area contributed by atoms with Gasteiger partial charge in [0.1, 0.15) is 0 Å². The highest BCUT2D eigenvalue weighted by Gasteiger charge is 2.21. The Morgan fingerprint density at radius 1 is 0.966 bits per heavy atom. The van der Waals surface area contributed by atoms with E-state index in [-0.39, 0.29) is 17.2 Å². The normalized spacial score (nSPS) is 17.2. The van der Waals surface area contributed by atoms with Gasteiger partial charge in [0.05, 0.1) is 10.8 Å². The topological polar surface area (TPSA) is 52.7 Å². The number of amides is 1. The first kappa shape index (κ1) is 21.5. The van der Waals surface area contributed by atoms with Crippen molar-refractivity contribution in [1.29, 1.82) is 0 Å². The lowest BCUT2D eigenvalue weighted by molar-refractivity contribution is 0.0934. The van der Waals surface area contributed by atoms with Gasteiger partial charge < -0.3 is 10.2 Å². The zero-order chi connectivity index (χ0) is 20.8. The van der Waals surface area contributed by atoms with E-state index in [9.17, 15) is 9.00 Å². The van der Waals surface area contributed by atoms with Crippen molar-refractivity contribution in [2.45, 2.75) is 37.0 Å². The molecule has 0 bridgehead atoms. The number of hydrogen-bond acceptors (Lipinski definition) is 4. The van der Waals surface area contributed by atoms with Crippen LogP contribution in [-0.4, -0.2) is 59.0 Å². The number of carbonyl (C=O) groups excluding carboxylic acids is 1. The fraction of sp³-hybridized carbons (Fsp3) is 0.435. The molecule has 156 valence electrons. The van der Waals surface area contributed by atoms with Gasteiger partial charge in [-0.1, -0.05) is 32.0 Å². The maximum absolute atomic E-state index is 12.5. The maximum Gasteiger partial charge on any atom is 0.251 e. The van der Waals surface area contributed by atoms with Crippen molar-refractivity contribution in [3.05, 3.63) is 60.2 Å². The van der Waals surface area contributed by atoms with Crippen molar-refractivity contribution in [3.8, 4) is 0 Å². The molecule has 2 unspecified atom stereocenters. The van der Waals surface area contributed by atoms with Gasteiger partial charge in [0.15, 0.2) is 0 Å². The van der Waals surface area contributed by atoms with E-state index in [0.717, 1.165) is 31.1 Å². The number of piperazine rings is 1. The lowest BCUT2D eigenvalue weighted by Gasteiger charge is -2.39. The SMILES string of the molecule is CC(CNC(=O)c1ccc(S(=O)C(C)C)cc1)N1CCN(c2ccccc2)CC1. The molecule has 1 amide bonds. The summed E-state index contributed by atoms with van der Waals surface area (Å²) >= 11 is 0. The Labute approximate surface area is 176 Å². The van der Waals surface area contributed by atoms with Crippen LogP contribution in [0.4, 0.5) is 5.69 Å². The molecular weight excluding hydrogens is 382 g/mol. The van der Waals surface area contributed by atoms with Crippen molar-refractivity contribution in [3.63, 3.8) is 0 Å². The summed E-state index contributed by atoms with van der Waals surface area (Å²) in [5.74, 6) is -0.0818. The predicted molar refractivity (Wildman–Crippen MR) is 120 cm³/mol. The molecule has 29 heavy (non-hydrogen) atoms. The summed E-state index contributed by atoms with van der Waals surface area (Å²) in [7, 11) is -1.03. The first-order chi connectivity index (χ1) is 14.0. The van der Waals surface area contributed by atoms with E-state index in [0.29, 0.717) is 12.1 Å². The quantitative estimate of drug-likeness (QED) is 0.758. The minimum Gasteiger partial charge on any atom is -0.369 e. The van der Waals surface area contributed by atoms with Crippen LogP contribution in [0.3, 0.4) is 0 Å². The third-order valence-corrected chi connectivity index (χ3v) is 6.99. The number of benzene rings is 2. The minimum absolute atomic E-state index is 0.0675. The van der Waals surface area contributed by atoms with E-state index in [1.54, 1.807) is 24.3 Å². The molecular formula is C23H31N3O2S. The lowest BCUT2D eigenvalue weighted by atomic mass is 10.2. The lowest BCUT2D eigenvalue weighted by Crippen LogP contribution is -2.52. The van der Waals surface area contributed by atoms with E-state index in [1.165, 1.54) is 5.69 Å². The molecule has 0 saturated carbocycles. The van der Waals surface area contributed by atoms with Crippen LogP contribution in [0.1, 0.15) is 31.1 Å². The molecule has 0 aromatic heterocycles. The van der Waals surface area contributed by atoms with Gasteiger partial charge in [-0.3, -0.25) is 13.9 Å². The number of carbonyl (C=O) groups is 1. The minimum atomic E-state index is -1.03. The average molecular weight is 414 g/mol. The van der Waals surface area contributed by atoms with Crippen LogP contribution >= 0.6 is 0 Å². The van der Waals surface area contributed by atoms with Gasteiger partial charge in [0.2, 0.25) is 0 Å². The van der Waals surface area contributed by atoms with Crippen LogP contribution in [0.15, 0.2) is 59.5 Å². The van der Waals surface area contributed by atoms with Crippen LogP contribution in [0.2, 0.25) is 0 Å². The van der Waals surface area contributed by atoms with Gasteiger partial charge in [-0.05, 0) is 43.3 Å². The van der Waals surface area contributed by atoms with E-state index >= 15 is 0 Å². The van der Waals surface area contributed by atoms with Gasteiger partial charge in [-0.2, -0.15) is 0 Å². The molecule has 0 aliphatic carbocycles. The second-order valence-electron chi connectivity index (χ2n) is 7.79. The zero-order valence-electron chi connectivity index (χ0n) is 17.5. The Bertz CT molecular complexity index is 816. The van der Waals surface area contributed by atoms with E-state index in [4.69, 9.17) is 0 Å². The smallest absolute Gasteiger partial charge is 0.251 e. The molecule has 2 aromatic carbocycles. The summed E-state index contributed by atoms with van der Waals surface area (Å²) in [5.41, 5.74) is 1.88. The molecule has 1 fully saturated rings. The number of hydrogen-bond donors (Lipinski definition) is 1. The predicted octanol–water partition coefficient (Wildman–Crippen LogP) is 3.14. The zero-order valence-corrected chi connectivity index (χ0v) is 18.3. The van der Waals surface area contributed by atoms with Crippen molar-refractivity contribution in [2.75, 3.05) is 37.6 Å².